The molecule has 2 aromatic rings. The second-order valence-corrected chi connectivity index (χ2v) is 8.16. The molecular weight excluding hydrogens is 372 g/mol. The normalized spacial score (nSPS) is 21.0. The number of benzene rings is 1. The highest BCUT2D eigenvalue weighted by Gasteiger charge is 2.42. The highest BCUT2D eigenvalue weighted by atomic mass is 16.5. The summed E-state index contributed by atoms with van der Waals surface area (Å²) in [6, 6.07) is 6.96. The topological polar surface area (TPSA) is 95.0 Å². The third-order valence-electron chi connectivity index (χ3n) is 6.07. The maximum atomic E-state index is 13.0. The van der Waals surface area contributed by atoms with Crippen molar-refractivity contribution in [3.63, 3.8) is 0 Å². The Morgan fingerprint density at radius 2 is 2.10 bits per heavy atom. The summed E-state index contributed by atoms with van der Waals surface area (Å²) in [7, 11) is 0. The van der Waals surface area contributed by atoms with Crippen molar-refractivity contribution in [2.75, 3.05) is 32.8 Å². The smallest absolute Gasteiger partial charge is 0.349 e. The van der Waals surface area contributed by atoms with Gasteiger partial charge in [-0.3, -0.25) is 4.79 Å². The van der Waals surface area contributed by atoms with Crippen molar-refractivity contribution < 1.29 is 18.7 Å². The molecule has 29 heavy (non-hydrogen) atoms. The lowest BCUT2D eigenvalue weighted by molar-refractivity contribution is 0.0499. The summed E-state index contributed by atoms with van der Waals surface area (Å²) in [6.07, 6.45) is 3.70. The van der Waals surface area contributed by atoms with Gasteiger partial charge in [-0.15, -0.1) is 0 Å². The number of carbonyl (C=O) groups excluding carboxylic acids is 1. The van der Waals surface area contributed by atoms with Crippen LogP contribution in [0.3, 0.4) is 0 Å². The van der Waals surface area contributed by atoms with Gasteiger partial charge in [-0.1, -0.05) is 6.92 Å². The van der Waals surface area contributed by atoms with Gasteiger partial charge < -0.3 is 24.5 Å². The Labute approximate surface area is 169 Å². The summed E-state index contributed by atoms with van der Waals surface area (Å²) in [5, 5.41) is 0.709. The van der Waals surface area contributed by atoms with Crippen molar-refractivity contribution in [1.29, 1.82) is 0 Å². The third kappa shape index (κ3) is 4.02. The molecule has 2 saturated heterocycles. The lowest BCUT2D eigenvalue weighted by Gasteiger charge is -2.38. The van der Waals surface area contributed by atoms with Gasteiger partial charge in [0.1, 0.15) is 16.9 Å². The Bertz CT molecular complexity index is 946. The maximum absolute atomic E-state index is 13.0. The van der Waals surface area contributed by atoms with Crippen LogP contribution in [-0.4, -0.2) is 49.8 Å². The van der Waals surface area contributed by atoms with Crippen LogP contribution >= 0.6 is 0 Å². The van der Waals surface area contributed by atoms with Crippen LogP contribution < -0.4 is 16.1 Å². The predicted octanol–water partition coefficient (Wildman–Crippen LogP) is 2.55. The van der Waals surface area contributed by atoms with Gasteiger partial charge in [0.05, 0.1) is 19.3 Å². The molecule has 1 aromatic heterocycles. The van der Waals surface area contributed by atoms with Crippen molar-refractivity contribution in [2.24, 2.45) is 11.1 Å². The number of fused-ring (bicyclic) bond motifs is 1. The molecule has 0 bridgehead atoms. The van der Waals surface area contributed by atoms with Crippen molar-refractivity contribution >= 4 is 16.9 Å². The first-order valence-corrected chi connectivity index (χ1v) is 10.4. The maximum Gasteiger partial charge on any atom is 0.349 e. The van der Waals surface area contributed by atoms with Crippen LogP contribution in [0.25, 0.3) is 11.0 Å². The number of hydrogen-bond acceptors (Lipinski definition) is 6. The van der Waals surface area contributed by atoms with Gasteiger partial charge >= 0.3 is 5.63 Å². The molecular formula is C22H28N2O5. The molecule has 7 heteroatoms. The quantitative estimate of drug-likeness (QED) is 0.775. The van der Waals surface area contributed by atoms with Gasteiger partial charge in [0.25, 0.3) is 5.91 Å². The van der Waals surface area contributed by atoms with E-state index in [2.05, 4.69) is 0 Å². The van der Waals surface area contributed by atoms with Crippen molar-refractivity contribution in [1.82, 2.24) is 4.90 Å². The molecule has 7 nitrogen and oxygen atoms in total. The zero-order valence-electron chi connectivity index (χ0n) is 16.8. The Morgan fingerprint density at radius 3 is 2.79 bits per heavy atom. The minimum absolute atomic E-state index is 0.0817. The number of nitrogens with two attached hydrogens (primary N) is 1. The summed E-state index contributed by atoms with van der Waals surface area (Å²) < 4.78 is 16.8. The first-order valence-electron chi connectivity index (χ1n) is 10.4. The first kappa shape index (κ1) is 19.9. The van der Waals surface area contributed by atoms with E-state index in [-0.39, 0.29) is 23.0 Å². The summed E-state index contributed by atoms with van der Waals surface area (Å²) in [5.74, 6) is 0.383. The molecule has 156 valence electrons. The Hall–Kier alpha value is -2.38. The van der Waals surface area contributed by atoms with E-state index < -0.39 is 5.63 Å². The largest absolute Gasteiger partial charge is 0.493 e. The van der Waals surface area contributed by atoms with Crippen LogP contribution in [0.5, 0.6) is 5.75 Å². The summed E-state index contributed by atoms with van der Waals surface area (Å²) >= 11 is 0. The molecule has 1 amide bonds. The second-order valence-electron chi connectivity index (χ2n) is 8.16. The standard InChI is InChI=1S/C22H28N2O5/c1-2-9-27-16-4-3-15-10-18(21(26)29-19(15)11-16)20(25)24-7-5-22(6-8-24)12-17(13-23)28-14-22/h3-4,10-11,17H,2,5-9,12-14,23H2,1H3. The molecule has 1 aromatic carbocycles. The van der Waals surface area contributed by atoms with E-state index in [0.717, 1.165) is 25.7 Å². The molecule has 3 heterocycles. The third-order valence-corrected chi connectivity index (χ3v) is 6.07. The van der Waals surface area contributed by atoms with Crippen LogP contribution in [-0.2, 0) is 4.74 Å². The van der Waals surface area contributed by atoms with Crippen LogP contribution in [0.15, 0.2) is 33.5 Å². The lowest BCUT2D eigenvalue weighted by Crippen LogP contribution is -2.44. The van der Waals surface area contributed by atoms with E-state index in [9.17, 15) is 9.59 Å². The van der Waals surface area contributed by atoms with Crippen LogP contribution in [0.4, 0.5) is 0 Å². The summed E-state index contributed by atoms with van der Waals surface area (Å²) in [6.45, 7) is 5.09. The van der Waals surface area contributed by atoms with E-state index in [1.54, 1.807) is 17.0 Å². The van der Waals surface area contributed by atoms with Crippen molar-refractivity contribution in [3.8, 4) is 5.75 Å². The molecule has 1 atom stereocenters. The number of hydrogen-bond donors (Lipinski definition) is 1. The zero-order valence-corrected chi connectivity index (χ0v) is 16.8. The van der Waals surface area contributed by atoms with Gasteiger partial charge in [0.2, 0.25) is 0 Å². The van der Waals surface area contributed by atoms with Gasteiger partial charge in [0, 0.05) is 31.1 Å². The SMILES string of the molecule is CCCOc1ccc2cc(C(=O)N3CCC4(CC3)COC(CN)C4)c(=O)oc2c1. The summed E-state index contributed by atoms with van der Waals surface area (Å²) in [5.41, 5.74) is 5.74. The van der Waals surface area contributed by atoms with E-state index >= 15 is 0 Å². The Balaban J connectivity index is 1.49. The van der Waals surface area contributed by atoms with E-state index in [4.69, 9.17) is 19.6 Å². The molecule has 2 N–H and O–H groups in total. The van der Waals surface area contributed by atoms with Gasteiger partial charge in [0.15, 0.2) is 0 Å². The molecule has 0 aliphatic carbocycles. The van der Waals surface area contributed by atoms with E-state index in [1.807, 2.05) is 19.1 Å². The Kier molecular flexibility index (Phi) is 5.61. The molecule has 2 aliphatic heterocycles. The number of amides is 1. The number of piperidine rings is 1. The van der Waals surface area contributed by atoms with E-state index in [1.165, 1.54) is 0 Å². The number of ether oxygens (including phenoxy) is 2. The minimum Gasteiger partial charge on any atom is -0.493 e. The molecule has 0 saturated carbocycles. The lowest BCUT2D eigenvalue weighted by atomic mass is 9.76. The molecule has 4 rings (SSSR count). The summed E-state index contributed by atoms with van der Waals surface area (Å²) in [4.78, 5) is 27.2. The van der Waals surface area contributed by atoms with Crippen molar-refractivity contribution in [3.05, 3.63) is 40.2 Å². The highest BCUT2D eigenvalue weighted by Crippen LogP contribution is 2.41. The van der Waals surface area contributed by atoms with Gasteiger partial charge in [-0.05, 0) is 49.3 Å². The molecule has 0 radical (unpaired) electrons. The van der Waals surface area contributed by atoms with E-state index in [0.29, 0.717) is 49.6 Å². The fourth-order valence-corrected chi connectivity index (χ4v) is 4.30. The van der Waals surface area contributed by atoms with Crippen LogP contribution in [0.1, 0.15) is 43.0 Å². The number of nitrogens with zero attached hydrogens (tertiary/aromatic N) is 1. The monoisotopic (exact) mass is 400 g/mol. The molecule has 1 spiro atoms. The average molecular weight is 400 g/mol. The average Bonchev–Trinajstić information content (AvgIpc) is 3.14. The zero-order chi connectivity index (χ0) is 20.4. The Morgan fingerprint density at radius 1 is 1.31 bits per heavy atom. The number of carbonyl (C=O) groups is 1. The van der Waals surface area contributed by atoms with Crippen LogP contribution in [0, 0.1) is 5.41 Å². The van der Waals surface area contributed by atoms with Gasteiger partial charge in [-0.2, -0.15) is 0 Å². The minimum atomic E-state index is -0.608. The predicted molar refractivity (Wildman–Crippen MR) is 109 cm³/mol. The molecule has 2 aliphatic rings. The van der Waals surface area contributed by atoms with Gasteiger partial charge in [-0.25, -0.2) is 4.79 Å². The molecule has 1 unspecified atom stereocenters. The van der Waals surface area contributed by atoms with Crippen LogP contribution in [0.2, 0.25) is 0 Å². The number of rotatable bonds is 5. The molecule has 2 fully saturated rings. The second kappa shape index (κ2) is 8.16. The first-order chi connectivity index (χ1) is 14.0. The number of likely N-dealkylation sites (tertiary alicyclic amines) is 1. The fraction of sp³-hybridized carbons (Fsp3) is 0.545. The highest BCUT2D eigenvalue weighted by molar-refractivity contribution is 5.96. The fourth-order valence-electron chi connectivity index (χ4n) is 4.30. The van der Waals surface area contributed by atoms with Crippen molar-refractivity contribution in [2.45, 2.75) is 38.7 Å².